The molecule has 3 aliphatic rings. The van der Waals surface area contributed by atoms with Gasteiger partial charge in [0.2, 0.25) is 5.91 Å². The summed E-state index contributed by atoms with van der Waals surface area (Å²) in [5.41, 5.74) is 5.39. The SMILES string of the molecule is Cc1c(I)cc2[nH]ccc2c1N1CCc2c(nc(OC[C@@H]3CC(F)(F)CN3C)nc2N2CCN(C(=O)/C=C/CO)CC2)C1. The maximum absolute atomic E-state index is 14.0. The highest BCUT2D eigenvalue weighted by Gasteiger charge is 2.43. The molecule has 5 heterocycles. The molecule has 1 atom stereocenters. The van der Waals surface area contributed by atoms with E-state index >= 15 is 0 Å². The molecule has 0 radical (unpaired) electrons. The summed E-state index contributed by atoms with van der Waals surface area (Å²) in [4.78, 5) is 33.4. The molecule has 0 aliphatic carbocycles. The van der Waals surface area contributed by atoms with Crippen LogP contribution in [0.2, 0.25) is 0 Å². The lowest BCUT2D eigenvalue weighted by Crippen LogP contribution is -2.49. The molecule has 43 heavy (non-hydrogen) atoms. The average molecular weight is 708 g/mol. The minimum atomic E-state index is -2.73. The van der Waals surface area contributed by atoms with E-state index in [1.807, 2.05) is 6.20 Å². The van der Waals surface area contributed by atoms with Crippen LogP contribution in [0.3, 0.4) is 0 Å². The number of aromatic nitrogens is 3. The Labute approximate surface area is 262 Å². The Morgan fingerprint density at radius 2 is 2.02 bits per heavy atom. The van der Waals surface area contributed by atoms with Gasteiger partial charge in [0.15, 0.2) is 0 Å². The van der Waals surface area contributed by atoms with Crippen LogP contribution in [0, 0.1) is 10.5 Å². The summed E-state index contributed by atoms with van der Waals surface area (Å²) in [5, 5.41) is 10.2. The van der Waals surface area contributed by atoms with Crippen LogP contribution in [0.5, 0.6) is 6.01 Å². The lowest BCUT2D eigenvalue weighted by atomic mass is 10.0. The van der Waals surface area contributed by atoms with Gasteiger partial charge in [0.25, 0.3) is 5.92 Å². The number of alkyl halides is 2. The predicted octanol–water partition coefficient (Wildman–Crippen LogP) is 3.35. The second kappa shape index (κ2) is 12.2. The molecule has 3 aromatic rings. The fourth-order valence-electron chi connectivity index (χ4n) is 6.38. The van der Waals surface area contributed by atoms with Crippen molar-refractivity contribution in [3.8, 4) is 6.01 Å². The number of carbonyl (C=O) groups is 1. The summed E-state index contributed by atoms with van der Waals surface area (Å²) in [6.07, 6.45) is 5.28. The molecule has 2 N–H and O–H groups in total. The minimum absolute atomic E-state index is 0.0768. The number of nitrogens with one attached hydrogen (secondary N) is 1. The van der Waals surface area contributed by atoms with E-state index in [1.54, 1.807) is 16.8 Å². The number of hydrogen-bond acceptors (Lipinski definition) is 8. The highest BCUT2D eigenvalue weighted by Crippen LogP contribution is 2.38. The standard InChI is InChI=1S/C30H36F2IN7O3/c1-19-23(33)14-24-21(5-7-34-24)27(19)40-8-6-22-25(16-40)35-29(43-17-20-15-30(31,32)18-37(20)2)36-28(22)39-11-9-38(10-12-39)26(42)4-3-13-41/h3-5,7,14,20,34,41H,6,8-13,15-18H2,1-2H3/b4-3+/t20-/m0/s1. The number of rotatable bonds is 7. The smallest absolute Gasteiger partial charge is 0.318 e. The Morgan fingerprint density at radius 3 is 2.74 bits per heavy atom. The van der Waals surface area contributed by atoms with Crippen molar-refractivity contribution >= 4 is 50.9 Å². The molecule has 10 nitrogen and oxygen atoms in total. The summed E-state index contributed by atoms with van der Waals surface area (Å²) in [6, 6.07) is 4.03. The van der Waals surface area contributed by atoms with Gasteiger partial charge < -0.3 is 29.5 Å². The summed E-state index contributed by atoms with van der Waals surface area (Å²) in [7, 11) is 1.69. The molecule has 6 rings (SSSR count). The summed E-state index contributed by atoms with van der Waals surface area (Å²) in [6.45, 7) is 5.32. The Balaban J connectivity index is 1.29. The molecule has 13 heteroatoms. The number of aromatic amines is 1. The Hall–Kier alpha value is -3.04. The molecular formula is C30H36F2IN7O3. The first kappa shape index (κ1) is 30.0. The van der Waals surface area contributed by atoms with Crippen molar-refractivity contribution < 1.29 is 23.4 Å². The molecule has 2 fully saturated rings. The fourth-order valence-corrected chi connectivity index (χ4v) is 6.95. The molecule has 1 amide bonds. The van der Waals surface area contributed by atoms with Gasteiger partial charge in [0, 0.05) is 77.5 Å². The van der Waals surface area contributed by atoms with Crippen molar-refractivity contribution in [3.05, 3.63) is 50.9 Å². The lowest BCUT2D eigenvalue weighted by Gasteiger charge is -2.38. The zero-order valence-corrected chi connectivity index (χ0v) is 26.5. The number of benzene rings is 1. The van der Waals surface area contributed by atoms with Crippen LogP contribution in [0.4, 0.5) is 20.3 Å². The van der Waals surface area contributed by atoms with Crippen molar-refractivity contribution in [2.45, 2.75) is 38.3 Å². The van der Waals surface area contributed by atoms with E-state index in [1.165, 1.54) is 27.0 Å². The second-order valence-electron chi connectivity index (χ2n) is 11.5. The Kier molecular flexibility index (Phi) is 8.48. The van der Waals surface area contributed by atoms with E-state index in [-0.39, 0.29) is 38.1 Å². The average Bonchev–Trinajstić information content (AvgIpc) is 3.56. The number of likely N-dealkylation sites (tertiary alicyclic amines) is 1. The number of carbonyl (C=O) groups excluding carboxylic acids is 1. The molecule has 2 saturated heterocycles. The first-order chi connectivity index (χ1) is 20.6. The van der Waals surface area contributed by atoms with Gasteiger partial charge in [-0.1, -0.05) is 6.08 Å². The molecule has 0 saturated carbocycles. The summed E-state index contributed by atoms with van der Waals surface area (Å²) >= 11 is 2.38. The lowest BCUT2D eigenvalue weighted by molar-refractivity contribution is -0.126. The third kappa shape index (κ3) is 6.16. The molecule has 3 aliphatic heterocycles. The van der Waals surface area contributed by atoms with Gasteiger partial charge in [-0.15, -0.1) is 0 Å². The minimum Gasteiger partial charge on any atom is -0.462 e. The number of anilines is 2. The number of fused-ring (bicyclic) bond motifs is 2. The van der Waals surface area contributed by atoms with Gasteiger partial charge in [-0.3, -0.25) is 9.69 Å². The van der Waals surface area contributed by atoms with Gasteiger partial charge in [-0.05, 0) is 60.7 Å². The normalized spacial score (nSPS) is 20.8. The monoisotopic (exact) mass is 707 g/mol. The van der Waals surface area contributed by atoms with Crippen LogP contribution in [0.25, 0.3) is 10.9 Å². The van der Waals surface area contributed by atoms with Crippen LogP contribution >= 0.6 is 22.6 Å². The van der Waals surface area contributed by atoms with Crippen molar-refractivity contribution in [3.63, 3.8) is 0 Å². The van der Waals surface area contributed by atoms with Gasteiger partial charge in [-0.2, -0.15) is 9.97 Å². The van der Waals surface area contributed by atoms with E-state index in [0.29, 0.717) is 32.7 Å². The van der Waals surface area contributed by atoms with Crippen LogP contribution in [0.1, 0.15) is 23.2 Å². The third-order valence-electron chi connectivity index (χ3n) is 8.66. The van der Waals surface area contributed by atoms with E-state index in [4.69, 9.17) is 19.8 Å². The maximum atomic E-state index is 14.0. The maximum Gasteiger partial charge on any atom is 0.318 e. The summed E-state index contributed by atoms with van der Waals surface area (Å²) < 4.78 is 35.3. The van der Waals surface area contributed by atoms with Gasteiger partial charge in [-0.25, -0.2) is 8.78 Å². The number of hydrogen-bond donors (Lipinski definition) is 2. The van der Waals surface area contributed by atoms with Crippen molar-refractivity contribution in [2.75, 3.05) is 69.3 Å². The van der Waals surface area contributed by atoms with E-state index in [0.717, 1.165) is 40.9 Å². The Bertz CT molecular complexity index is 1540. The molecule has 0 spiro atoms. The van der Waals surface area contributed by atoms with Crippen molar-refractivity contribution in [1.29, 1.82) is 0 Å². The summed E-state index contributed by atoms with van der Waals surface area (Å²) in [5.74, 6) is -2.07. The largest absolute Gasteiger partial charge is 0.462 e. The topological polar surface area (TPSA) is 101 Å². The molecule has 0 unspecified atom stereocenters. The van der Waals surface area contributed by atoms with E-state index in [2.05, 4.69) is 56.4 Å². The fraction of sp³-hybridized carbons (Fsp3) is 0.500. The number of piperazine rings is 1. The predicted molar refractivity (Wildman–Crippen MR) is 169 cm³/mol. The van der Waals surface area contributed by atoms with E-state index in [9.17, 15) is 13.6 Å². The number of likely N-dealkylation sites (N-methyl/N-ethyl adjacent to an activating group) is 1. The van der Waals surface area contributed by atoms with Crippen LogP contribution < -0.4 is 14.5 Å². The number of aliphatic hydroxyl groups is 1. The Morgan fingerprint density at radius 1 is 1.23 bits per heavy atom. The number of amides is 1. The quantitative estimate of drug-likeness (QED) is 0.285. The number of ether oxygens (including phenoxy) is 1. The third-order valence-corrected chi connectivity index (χ3v) is 9.78. The number of nitrogens with zero attached hydrogens (tertiary/aromatic N) is 6. The number of aliphatic hydroxyl groups excluding tert-OH is 1. The van der Waals surface area contributed by atoms with Crippen LogP contribution in [0.15, 0.2) is 30.5 Å². The zero-order valence-electron chi connectivity index (χ0n) is 24.3. The second-order valence-corrected chi connectivity index (χ2v) is 12.7. The molecule has 0 bridgehead atoms. The number of halogens is 3. The van der Waals surface area contributed by atoms with Gasteiger partial charge >= 0.3 is 6.01 Å². The first-order valence-corrected chi connectivity index (χ1v) is 15.6. The van der Waals surface area contributed by atoms with Crippen LogP contribution in [-0.2, 0) is 17.8 Å². The first-order valence-electron chi connectivity index (χ1n) is 14.6. The molecule has 1 aromatic carbocycles. The van der Waals surface area contributed by atoms with Crippen molar-refractivity contribution in [1.82, 2.24) is 24.8 Å². The molecule has 230 valence electrons. The number of H-pyrrole nitrogens is 1. The van der Waals surface area contributed by atoms with Crippen molar-refractivity contribution in [2.24, 2.45) is 0 Å². The highest BCUT2D eigenvalue weighted by molar-refractivity contribution is 14.1. The van der Waals surface area contributed by atoms with Crippen LogP contribution in [-0.4, -0.2) is 107 Å². The van der Waals surface area contributed by atoms with Gasteiger partial charge in [0.1, 0.15) is 12.4 Å². The molecular weight excluding hydrogens is 671 g/mol. The highest BCUT2D eigenvalue weighted by atomic mass is 127. The van der Waals surface area contributed by atoms with E-state index < -0.39 is 12.0 Å². The zero-order chi connectivity index (χ0) is 30.3. The molecule has 2 aromatic heterocycles. The van der Waals surface area contributed by atoms with Gasteiger partial charge in [0.05, 0.1) is 31.1 Å².